The topological polar surface area (TPSA) is 73.9 Å². The van der Waals surface area contributed by atoms with Crippen molar-refractivity contribution in [3.63, 3.8) is 0 Å². The van der Waals surface area contributed by atoms with Crippen LogP contribution >= 0.6 is 0 Å². The van der Waals surface area contributed by atoms with Crippen LogP contribution in [0.15, 0.2) is 12.7 Å². The zero-order chi connectivity index (χ0) is 15.1. The fourth-order valence-corrected chi connectivity index (χ4v) is 2.72. The van der Waals surface area contributed by atoms with Gasteiger partial charge in [0.1, 0.15) is 12.6 Å². The molecule has 0 bridgehead atoms. The first kappa shape index (κ1) is 15.8. The van der Waals surface area contributed by atoms with Crippen LogP contribution in [0.1, 0.15) is 38.5 Å². The Bertz CT molecular complexity index is 378. The molecule has 0 radical (unpaired) electrons. The van der Waals surface area contributed by atoms with Crippen LogP contribution in [0.2, 0.25) is 0 Å². The lowest BCUT2D eigenvalue weighted by molar-refractivity contribution is -0.167. The zero-order valence-electron chi connectivity index (χ0n) is 12.2. The van der Waals surface area contributed by atoms with Gasteiger partial charge in [0, 0.05) is 0 Å². The smallest absolute Gasteiger partial charge is 0.407 e. The second-order valence-electron chi connectivity index (χ2n) is 5.54. The molecule has 0 aromatic carbocycles. The number of hydrogen-bond donors (Lipinski definition) is 1. The molecule has 1 aliphatic carbocycles. The number of esters is 1. The molecule has 1 saturated heterocycles. The summed E-state index contributed by atoms with van der Waals surface area (Å²) >= 11 is 0. The van der Waals surface area contributed by atoms with Crippen molar-refractivity contribution in [2.75, 3.05) is 13.2 Å². The third-order valence-corrected chi connectivity index (χ3v) is 3.82. The van der Waals surface area contributed by atoms with Crippen molar-refractivity contribution in [1.29, 1.82) is 0 Å². The van der Waals surface area contributed by atoms with Crippen molar-refractivity contribution in [3.05, 3.63) is 12.7 Å². The largest absolute Gasteiger partial charge is 0.445 e. The second-order valence-corrected chi connectivity index (χ2v) is 5.54. The maximum Gasteiger partial charge on any atom is 0.407 e. The Labute approximate surface area is 124 Å². The molecule has 1 saturated carbocycles. The van der Waals surface area contributed by atoms with Crippen molar-refractivity contribution >= 4 is 12.1 Å². The summed E-state index contributed by atoms with van der Waals surface area (Å²) in [6, 6.07) is -0.488. The fourth-order valence-electron chi connectivity index (χ4n) is 2.72. The molecule has 1 amide bonds. The van der Waals surface area contributed by atoms with Crippen LogP contribution in [-0.4, -0.2) is 37.6 Å². The van der Waals surface area contributed by atoms with E-state index in [-0.39, 0.29) is 19.0 Å². The zero-order valence-corrected chi connectivity index (χ0v) is 12.2. The van der Waals surface area contributed by atoms with Gasteiger partial charge < -0.3 is 19.5 Å². The normalized spacial score (nSPS) is 26.2. The van der Waals surface area contributed by atoms with Crippen LogP contribution < -0.4 is 5.32 Å². The Morgan fingerprint density at radius 1 is 1.38 bits per heavy atom. The van der Waals surface area contributed by atoms with Gasteiger partial charge in [-0.3, -0.25) is 4.79 Å². The monoisotopic (exact) mass is 297 g/mol. The molecule has 2 rings (SSSR count). The molecular formula is C15H23NO5. The highest BCUT2D eigenvalue weighted by atomic mass is 16.7. The van der Waals surface area contributed by atoms with Gasteiger partial charge in [0.2, 0.25) is 6.29 Å². The maximum atomic E-state index is 11.5. The highest BCUT2D eigenvalue weighted by molar-refractivity contribution is 5.75. The van der Waals surface area contributed by atoms with Gasteiger partial charge in [0.15, 0.2) is 0 Å². The first-order valence-electron chi connectivity index (χ1n) is 7.54. The summed E-state index contributed by atoms with van der Waals surface area (Å²) in [6.45, 7) is 4.16. The Balaban J connectivity index is 1.77. The van der Waals surface area contributed by atoms with E-state index in [4.69, 9.17) is 14.2 Å². The van der Waals surface area contributed by atoms with Crippen LogP contribution in [0.3, 0.4) is 0 Å². The number of amides is 1. The molecule has 0 aromatic rings. The summed E-state index contributed by atoms with van der Waals surface area (Å²) in [6.07, 6.45) is 6.34. The van der Waals surface area contributed by atoms with E-state index < -0.39 is 18.4 Å². The molecule has 2 unspecified atom stereocenters. The highest BCUT2D eigenvalue weighted by Gasteiger charge is 2.37. The van der Waals surface area contributed by atoms with Gasteiger partial charge in [-0.2, -0.15) is 0 Å². The molecule has 1 aliphatic heterocycles. The van der Waals surface area contributed by atoms with E-state index in [1.165, 1.54) is 25.3 Å². The van der Waals surface area contributed by atoms with Crippen LogP contribution in [0.5, 0.6) is 0 Å². The Hall–Kier alpha value is -1.56. The van der Waals surface area contributed by atoms with Crippen LogP contribution in [0.4, 0.5) is 4.79 Å². The quantitative estimate of drug-likeness (QED) is 0.600. The molecule has 2 atom stereocenters. The average molecular weight is 297 g/mol. The molecule has 21 heavy (non-hydrogen) atoms. The minimum absolute atomic E-state index is 0.110. The van der Waals surface area contributed by atoms with Gasteiger partial charge in [0.25, 0.3) is 0 Å². The van der Waals surface area contributed by atoms with Crippen molar-refractivity contribution in [3.8, 4) is 0 Å². The number of alkyl carbamates (subject to hydrolysis) is 1. The van der Waals surface area contributed by atoms with Crippen molar-refractivity contribution in [2.45, 2.75) is 50.9 Å². The third-order valence-electron chi connectivity index (χ3n) is 3.82. The second kappa shape index (κ2) is 8.02. The molecule has 1 N–H and O–H groups in total. The third kappa shape index (κ3) is 5.04. The van der Waals surface area contributed by atoms with E-state index in [0.29, 0.717) is 12.5 Å². The molecule has 118 valence electrons. The lowest BCUT2D eigenvalue weighted by atomic mass is 9.90. The Morgan fingerprint density at radius 2 is 2.14 bits per heavy atom. The van der Waals surface area contributed by atoms with E-state index >= 15 is 0 Å². The minimum atomic E-state index is -0.712. The van der Waals surface area contributed by atoms with E-state index in [1.807, 2.05) is 0 Å². The minimum Gasteiger partial charge on any atom is -0.445 e. The first-order valence-corrected chi connectivity index (χ1v) is 7.54. The van der Waals surface area contributed by atoms with Crippen LogP contribution in [0.25, 0.3) is 0 Å². The number of nitrogens with one attached hydrogen (secondary N) is 1. The van der Waals surface area contributed by atoms with E-state index in [1.54, 1.807) is 0 Å². The number of hydrogen-bond acceptors (Lipinski definition) is 5. The number of ether oxygens (including phenoxy) is 3. The molecule has 2 fully saturated rings. The Morgan fingerprint density at radius 3 is 2.86 bits per heavy atom. The van der Waals surface area contributed by atoms with Crippen molar-refractivity contribution in [2.24, 2.45) is 5.92 Å². The van der Waals surface area contributed by atoms with Gasteiger partial charge in [-0.15, -0.1) is 0 Å². The summed E-state index contributed by atoms with van der Waals surface area (Å²) in [7, 11) is 0. The molecule has 6 heteroatoms. The predicted molar refractivity (Wildman–Crippen MR) is 75.5 cm³/mol. The summed E-state index contributed by atoms with van der Waals surface area (Å²) in [5.41, 5.74) is 0. The molecule has 2 aliphatic rings. The van der Waals surface area contributed by atoms with E-state index in [2.05, 4.69) is 11.9 Å². The lowest BCUT2D eigenvalue weighted by Crippen LogP contribution is -2.42. The number of rotatable bonds is 6. The molecule has 6 nitrogen and oxygen atoms in total. The molecular weight excluding hydrogens is 274 g/mol. The predicted octanol–water partition coefficient (Wildman–Crippen LogP) is 2.14. The SMILES string of the molecule is C=CCOC(=O)NC1CC(=O)OC1OCC1CCCCC1. The summed E-state index contributed by atoms with van der Waals surface area (Å²) in [4.78, 5) is 22.9. The van der Waals surface area contributed by atoms with Crippen LogP contribution in [0, 0.1) is 5.92 Å². The molecule has 0 spiro atoms. The standard InChI is InChI=1S/C15H23NO5/c1-2-8-19-15(18)16-12-9-13(17)21-14(12)20-10-11-6-4-3-5-7-11/h2,11-12,14H,1,3-10H2,(H,16,18). The van der Waals surface area contributed by atoms with Crippen molar-refractivity contribution < 1.29 is 23.8 Å². The van der Waals surface area contributed by atoms with E-state index in [0.717, 1.165) is 12.8 Å². The number of cyclic esters (lactones) is 1. The first-order chi connectivity index (χ1) is 10.2. The summed E-state index contributed by atoms with van der Waals surface area (Å²) in [5.74, 6) is 0.157. The van der Waals surface area contributed by atoms with E-state index in [9.17, 15) is 9.59 Å². The Kier molecular flexibility index (Phi) is 6.04. The summed E-state index contributed by atoms with van der Waals surface area (Å²) in [5, 5.41) is 2.60. The molecule has 0 aromatic heterocycles. The summed E-state index contributed by atoms with van der Waals surface area (Å²) < 4.78 is 15.7. The highest BCUT2D eigenvalue weighted by Crippen LogP contribution is 2.25. The molecule has 1 heterocycles. The van der Waals surface area contributed by atoms with Gasteiger partial charge in [-0.1, -0.05) is 31.9 Å². The van der Waals surface area contributed by atoms with Gasteiger partial charge in [0.05, 0.1) is 13.0 Å². The van der Waals surface area contributed by atoms with Gasteiger partial charge in [-0.05, 0) is 18.8 Å². The van der Waals surface area contributed by atoms with Crippen molar-refractivity contribution in [1.82, 2.24) is 5.32 Å². The lowest BCUT2D eigenvalue weighted by Gasteiger charge is -2.24. The number of carbonyl (C=O) groups excluding carboxylic acids is 2. The number of carbonyl (C=O) groups is 2. The van der Waals surface area contributed by atoms with Gasteiger partial charge >= 0.3 is 12.1 Å². The van der Waals surface area contributed by atoms with Crippen LogP contribution in [-0.2, 0) is 19.0 Å². The average Bonchev–Trinajstić information content (AvgIpc) is 2.83. The maximum absolute atomic E-state index is 11.5. The fraction of sp³-hybridized carbons (Fsp3) is 0.733. The van der Waals surface area contributed by atoms with Gasteiger partial charge in [-0.25, -0.2) is 4.79 Å².